The van der Waals surface area contributed by atoms with Gasteiger partial charge in [0.25, 0.3) is 0 Å². The molecule has 0 radical (unpaired) electrons. The maximum absolute atomic E-state index is 13.2. The molecule has 0 saturated carbocycles. The summed E-state index contributed by atoms with van der Waals surface area (Å²) in [6.45, 7) is 5.21. The normalized spacial score (nSPS) is 23.7. The second-order valence-corrected chi connectivity index (χ2v) is 6.73. The lowest BCUT2D eigenvalue weighted by Crippen LogP contribution is -2.38. The molecule has 1 aliphatic heterocycles. The van der Waals surface area contributed by atoms with Crippen LogP contribution >= 0.6 is 7.60 Å². The number of nitrogens with one attached hydrogen (secondary N) is 1. The molecule has 1 unspecified atom stereocenters. The van der Waals surface area contributed by atoms with E-state index in [4.69, 9.17) is 9.05 Å². The van der Waals surface area contributed by atoms with Crippen LogP contribution < -0.4 is 5.32 Å². The Morgan fingerprint density at radius 2 is 1.95 bits per heavy atom. The van der Waals surface area contributed by atoms with Crippen LogP contribution in [-0.2, 0) is 18.9 Å². The van der Waals surface area contributed by atoms with Gasteiger partial charge in [0.15, 0.2) is 0 Å². The smallest absolute Gasteiger partial charge is 0.307 e. The Balaban J connectivity index is 2.46. The van der Waals surface area contributed by atoms with Crippen LogP contribution in [0, 0.1) is 0 Å². The summed E-state index contributed by atoms with van der Waals surface area (Å²) in [5.74, 6) is 0. The van der Waals surface area contributed by atoms with E-state index >= 15 is 0 Å². The topological polar surface area (TPSA) is 60.5 Å². The van der Waals surface area contributed by atoms with Crippen molar-refractivity contribution < 1.29 is 13.6 Å². The van der Waals surface area contributed by atoms with Crippen LogP contribution in [0.1, 0.15) is 32.3 Å². The zero-order valence-corrected chi connectivity index (χ0v) is 12.4. The van der Waals surface area contributed by atoms with Crippen molar-refractivity contribution in [2.75, 3.05) is 19.8 Å². The SMILES string of the molecule is CCOP(=O)(OCC)C1(c2ccncc2)CCCN1. The fraction of sp³-hybridized carbons (Fsp3) is 0.615. The Morgan fingerprint density at radius 1 is 1.32 bits per heavy atom. The van der Waals surface area contributed by atoms with Gasteiger partial charge in [0, 0.05) is 12.4 Å². The first kappa shape index (κ1) is 14.7. The number of pyridine rings is 1. The van der Waals surface area contributed by atoms with Gasteiger partial charge in [0.1, 0.15) is 5.28 Å². The van der Waals surface area contributed by atoms with Crippen molar-refractivity contribution in [1.82, 2.24) is 10.3 Å². The van der Waals surface area contributed by atoms with Gasteiger partial charge in [-0.05, 0) is 50.9 Å². The third-order valence-corrected chi connectivity index (χ3v) is 6.13. The van der Waals surface area contributed by atoms with Crippen molar-refractivity contribution in [2.24, 2.45) is 0 Å². The molecule has 1 N–H and O–H groups in total. The highest BCUT2D eigenvalue weighted by Gasteiger charge is 2.53. The first-order chi connectivity index (χ1) is 9.18. The molecule has 5 nitrogen and oxygen atoms in total. The van der Waals surface area contributed by atoms with E-state index in [0.717, 1.165) is 24.9 Å². The van der Waals surface area contributed by atoms with E-state index in [2.05, 4.69) is 10.3 Å². The molecule has 1 aromatic rings. The van der Waals surface area contributed by atoms with Crippen LogP contribution in [-0.4, -0.2) is 24.7 Å². The van der Waals surface area contributed by atoms with Gasteiger partial charge in [-0.15, -0.1) is 0 Å². The molecule has 1 atom stereocenters. The number of rotatable bonds is 6. The van der Waals surface area contributed by atoms with Crippen LogP contribution in [0.5, 0.6) is 0 Å². The zero-order valence-electron chi connectivity index (χ0n) is 11.5. The molecule has 0 aliphatic carbocycles. The van der Waals surface area contributed by atoms with Gasteiger partial charge < -0.3 is 9.05 Å². The summed E-state index contributed by atoms with van der Waals surface area (Å²) < 4.78 is 24.3. The molecular formula is C13H21N2O3P. The summed E-state index contributed by atoms with van der Waals surface area (Å²) in [4.78, 5) is 4.02. The zero-order chi connectivity index (χ0) is 13.8. The molecular weight excluding hydrogens is 263 g/mol. The van der Waals surface area contributed by atoms with Gasteiger partial charge in [-0.1, -0.05) is 0 Å². The fourth-order valence-electron chi connectivity index (χ4n) is 2.59. The molecule has 6 heteroatoms. The van der Waals surface area contributed by atoms with Crippen molar-refractivity contribution in [3.63, 3.8) is 0 Å². The summed E-state index contributed by atoms with van der Waals surface area (Å²) in [6.07, 6.45) is 5.11. The highest BCUT2D eigenvalue weighted by Crippen LogP contribution is 2.66. The van der Waals surface area contributed by atoms with E-state index in [1.807, 2.05) is 26.0 Å². The van der Waals surface area contributed by atoms with E-state index in [9.17, 15) is 4.57 Å². The van der Waals surface area contributed by atoms with Crippen LogP contribution in [0.3, 0.4) is 0 Å². The molecule has 106 valence electrons. The van der Waals surface area contributed by atoms with Crippen LogP contribution in [0.15, 0.2) is 24.5 Å². The highest BCUT2D eigenvalue weighted by atomic mass is 31.2. The summed E-state index contributed by atoms with van der Waals surface area (Å²) in [7, 11) is -3.26. The number of nitrogens with zero attached hydrogens (tertiary/aromatic N) is 1. The largest absolute Gasteiger partial charge is 0.355 e. The molecule has 0 bridgehead atoms. The molecule has 1 fully saturated rings. The molecule has 2 rings (SSSR count). The third-order valence-electron chi connectivity index (χ3n) is 3.36. The average Bonchev–Trinajstić information content (AvgIpc) is 2.91. The molecule has 1 aromatic heterocycles. The molecule has 0 spiro atoms. The second kappa shape index (κ2) is 6.14. The Morgan fingerprint density at radius 3 is 2.42 bits per heavy atom. The number of aromatic nitrogens is 1. The lowest BCUT2D eigenvalue weighted by Gasteiger charge is -2.36. The minimum atomic E-state index is -3.26. The summed E-state index contributed by atoms with van der Waals surface area (Å²) in [5, 5.41) is 2.62. The Hall–Kier alpha value is -0.740. The van der Waals surface area contributed by atoms with E-state index in [1.165, 1.54) is 0 Å². The molecule has 19 heavy (non-hydrogen) atoms. The molecule has 0 amide bonds. The summed E-state index contributed by atoms with van der Waals surface area (Å²) in [5.41, 5.74) is 0.922. The highest BCUT2D eigenvalue weighted by molar-refractivity contribution is 7.55. The van der Waals surface area contributed by atoms with Crippen molar-refractivity contribution >= 4 is 7.60 Å². The van der Waals surface area contributed by atoms with Gasteiger partial charge in [-0.3, -0.25) is 14.9 Å². The third kappa shape index (κ3) is 2.61. The lowest BCUT2D eigenvalue weighted by atomic mass is 10.1. The lowest BCUT2D eigenvalue weighted by molar-refractivity contribution is 0.190. The fourth-order valence-corrected chi connectivity index (χ4v) is 4.99. The van der Waals surface area contributed by atoms with E-state index < -0.39 is 12.9 Å². The first-order valence-electron chi connectivity index (χ1n) is 6.73. The average molecular weight is 284 g/mol. The Bertz CT molecular complexity index is 436. The van der Waals surface area contributed by atoms with Crippen molar-refractivity contribution in [3.8, 4) is 0 Å². The van der Waals surface area contributed by atoms with Crippen molar-refractivity contribution in [3.05, 3.63) is 30.1 Å². The Kier molecular flexibility index (Phi) is 4.74. The van der Waals surface area contributed by atoms with E-state index in [1.54, 1.807) is 12.4 Å². The predicted molar refractivity (Wildman–Crippen MR) is 74.0 cm³/mol. The first-order valence-corrected chi connectivity index (χ1v) is 8.27. The van der Waals surface area contributed by atoms with Crippen molar-refractivity contribution in [1.29, 1.82) is 0 Å². The summed E-state index contributed by atoms with van der Waals surface area (Å²) >= 11 is 0. The number of hydrogen-bond acceptors (Lipinski definition) is 5. The monoisotopic (exact) mass is 284 g/mol. The minimum Gasteiger partial charge on any atom is -0.307 e. The van der Waals surface area contributed by atoms with Gasteiger partial charge in [0.2, 0.25) is 0 Å². The molecule has 2 heterocycles. The quantitative estimate of drug-likeness (QED) is 0.814. The van der Waals surface area contributed by atoms with Gasteiger partial charge >= 0.3 is 7.60 Å². The van der Waals surface area contributed by atoms with Crippen LogP contribution in [0.4, 0.5) is 0 Å². The minimum absolute atomic E-state index is 0.367. The van der Waals surface area contributed by atoms with Gasteiger partial charge in [0.05, 0.1) is 13.2 Å². The van der Waals surface area contributed by atoms with E-state index in [-0.39, 0.29) is 0 Å². The van der Waals surface area contributed by atoms with Crippen LogP contribution in [0.2, 0.25) is 0 Å². The van der Waals surface area contributed by atoms with Gasteiger partial charge in [-0.25, -0.2) is 0 Å². The second-order valence-electron chi connectivity index (χ2n) is 4.46. The number of hydrogen-bond donors (Lipinski definition) is 1. The maximum Gasteiger partial charge on any atom is 0.355 e. The Labute approximate surface area is 114 Å². The molecule has 1 aliphatic rings. The molecule has 1 saturated heterocycles. The van der Waals surface area contributed by atoms with E-state index in [0.29, 0.717) is 13.2 Å². The van der Waals surface area contributed by atoms with Crippen LogP contribution in [0.25, 0.3) is 0 Å². The maximum atomic E-state index is 13.2. The standard InChI is InChI=1S/C13H21N2O3P/c1-3-17-19(16,18-4-2)13(8-5-9-15-13)12-6-10-14-11-7-12/h6-7,10-11,15H,3-5,8-9H2,1-2H3. The predicted octanol–water partition coefficient (Wildman–Crippen LogP) is 2.88. The molecule has 0 aromatic carbocycles. The summed E-state index contributed by atoms with van der Waals surface area (Å²) in [6, 6.07) is 3.76. The van der Waals surface area contributed by atoms with Gasteiger partial charge in [-0.2, -0.15) is 0 Å². The van der Waals surface area contributed by atoms with Crippen molar-refractivity contribution in [2.45, 2.75) is 32.0 Å².